The molecule has 1 aromatic carbocycles. The highest BCUT2D eigenvalue weighted by Gasteiger charge is 2.38. The summed E-state index contributed by atoms with van der Waals surface area (Å²) in [6.07, 6.45) is 2.91. The molecule has 0 N–H and O–H groups in total. The van der Waals surface area contributed by atoms with Crippen molar-refractivity contribution in [2.75, 3.05) is 19.8 Å². The van der Waals surface area contributed by atoms with Crippen LogP contribution in [-0.2, 0) is 20.6 Å². The molecule has 1 atom stereocenters. The molecule has 0 aliphatic heterocycles. The zero-order valence-corrected chi connectivity index (χ0v) is 16.5. The van der Waals surface area contributed by atoms with Gasteiger partial charge in [-0.3, -0.25) is 0 Å². The average molecular weight is 394 g/mol. The van der Waals surface area contributed by atoms with Crippen LogP contribution in [-0.4, -0.2) is 25.8 Å². The zero-order chi connectivity index (χ0) is 20.4. The van der Waals surface area contributed by atoms with E-state index in [0.717, 1.165) is 18.9 Å². The minimum absolute atomic E-state index is 0.0326. The summed E-state index contributed by atoms with van der Waals surface area (Å²) in [4.78, 5) is 0. The minimum Gasteiger partial charge on any atom is -0.328 e. The second-order valence-electron chi connectivity index (χ2n) is 6.36. The molecule has 0 aliphatic carbocycles. The lowest BCUT2D eigenvalue weighted by Gasteiger charge is -2.37. The Morgan fingerprint density at radius 2 is 1.37 bits per heavy atom. The Kier molecular flexibility index (Phi) is 10.3. The molecular formula is C20H30F4O3. The van der Waals surface area contributed by atoms with Crippen molar-refractivity contribution in [2.45, 2.75) is 65.8 Å². The summed E-state index contributed by atoms with van der Waals surface area (Å²) < 4.78 is 70.3. The fourth-order valence-electron chi connectivity index (χ4n) is 3.08. The number of halogens is 4. The highest BCUT2D eigenvalue weighted by atomic mass is 19.2. The molecule has 1 rings (SSSR count). The monoisotopic (exact) mass is 394 g/mol. The molecule has 0 aromatic heterocycles. The number of rotatable bonds is 13. The van der Waals surface area contributed by atoms with Crippen molar-refractivity contribution < 1.29 is 31.8 Å². The Bertz CT molecular complexity index is 564. The molecule has 0 radical (unpaired) electrons. The topological polar surface area (TPSA) is 27.7 Å². The lowest BCUT2D eigenvalue weighted by Crippen LogP contribution is -2.45. The minimum atomic E-state index is -1.77. The largest absolute Gasteiger partial charge is 0.328 e. The van der Waals surface area contributed by atoms with Gasteiger partial charge in [-0.1, -0.05) is 19.8 Å². The van der Waals surface area contributed by atoms with E-state index in [1.54, 1.807) is 0 Å². The van der Waals surface area contributed by atoms with Crippen LogP contribution in [0.15, 0.2) is 6.07 Å². The number of ether oxygens (including phenoxy) is 3. The van der Waals surface area contributed by atoms with E-state index >= 15 is 0 Å². The fraction of sp³-hybridized carbons (Fsp3) is 0.700. The van der Waals surface area contributed by atoms with E-state index in [9.17, 15) is 17.6 Å². The molecule has 0 aliphatic rings. The highest BCUT2D eigenvalue weighted by Crippen LogP contribution is 2.30. The van der Waals surface area contributed by atoms with Crippen molar-refractivity contribution in [3.63, 3.8) is 0 Å². The standard InChI is InChI=1S/C20H30F4O3/c1-5-25-20(26-6-2,27-7-3)14(4)11-9-8-10-12-15-13-16(21)18(23)19(24)17(15)22/h13-14H,5-12H2,1-4H3. The smallest absolute Gasteiger partial charge is 0.285 e. The third kappa shape index (κ3) is 6.43. The predicted molar refractivity (Wildman–Crippen MR) is 95.2 cm³/mol. The van der Waals surface area contributed by atoms with Crippen LogP contribution in [0.4, 0.5) is 17.6 Å². The Balaban J connectivity index is 2.55. The molecule has 0 heterocycles. The Morgan fingerprint density at radius 3 is 1.89 bits per heavy atom. The summed E-state index contributed by atoms with van der Waals surface area (Å²) in [6, 6.07) is 0.723. The van der Waals surface area contributed by atoms with Gasteiger partial charge in [0.2, 0.25) is 0 Å². The van der Waals surface area contributed by atoms with Crippen LogP contribution >= 0.6 is 0 Å². The van der Waals surface area contributed by atoms with Crippen LogP contribution in [0.5, 0.6) is 0 Å². The molecule has 0 spiro atoms. The molecule has 7 heteroatoms. The fourth-order valence-corrected chi connectivity index (χ4v) is 3.08. The van der Waals surface area contributed by atoms with E-state index < -0.39 is 29.2 Å². The second kappa shape index (κ2) is 11.6. The van der Waals surface area contributed by atoms with E-state index in [-0.39, 0.29) is 17.9 Å². The van der Waals surface area contributed by atoms with Crippen LogP contribution in [0.25, 0.3) is 0 Å². The van der Waals surface area contributed by atoms with Crippen LogP contribution < -0.4 is 0 Å². The number of hydrogen-bond donors (Lipinski definition) is 0. The summed E-state index contributed by atoms with van der Waals surface area (Å²) in [5.74, 6) is -7.33. The number of benzene rings is 1. The lowest BCUT2D eigenvalue weighted by atomic mass is 9.98. The molecule has 156 valence electrons. The number of hydrogen-bond acceptors (Lipinski definition) is 3. The van der Waals surface area contributed by atoms with Crippen molar-refractivity contribution >= 4 is 0 Å². The van der Waals surface area contributed by atoms with E-state index in [1.165, 1.54) is 0 Å². The van der Waals surface area contributed by atoms with Crippen molar-refractivity contribution in [1.29, 1.82) is 0 Å². The number of aryl methyl sites for hydroxylation is 1. The molecular weight excluding hydrogens is 364 g/mol. The van der Waals surface area contributed by atoms with Crippen molar-refractivity contribution in [1.82, 2.24) is 0 Å². The quantitative estimate of drug-likeness (QED) is 0.140. The molecule has 0 saturated carbocycles. The summed E-state index contributed by atoms with van der Waals surface area (Å²) in [6.45, 7) is 8.94. The van der Waals surface area contributed by atoms with Crippen LogP contribution in [0.2, 0.25) is 0 Å². The van der Waals surface area contributed by atoms with E-state index in [1.807, 2.05) is 27.7 Å². The molecule has 3 nitrogen and oxygen atoms in total. The van der Waals surface area contributed by atoms with Crippen LogP contribution in [0, 0.1) is 29.2 Å². The lowest BCUT2D eigenvalue weighted by molar-refractivity contribution is -0.400. The highest BCUT2D eigenvalue weighted by molar-refractivity contribution is 5.21. The maximum absolute atomic E-state index is 13.7. The van der Waals surface area contributed by atoms with Gasteiger partial charge in [-0.05, 0) is 51.7 Å². The maximum atomic E-state index is 13.7. The van der Waals surface area contributed by atoms with Gasteiger partial charge >= 0.3 is 0 Å². The molecule has 0 bridgehead atoms. The summed E-state index contributed by atoms with van der Waals surface area (Å²) in [7, 11) is 0. The average Bonchev–Trinajstić information content (AvgIpc) is 2.64. The Hall–Kier alpha value is -1.18. The molecule has 1 unspecified atom stereocenters. The first-order valence-corrected chi connectivity index (χ1v) is 9.56. The van der Waals surface area contributed by atoms with Crippen LogP contribution in [0.3, 0.4) is 0 Å². The van der Waals surface area contributed by atoms with Gasteiger partial charge in [0.1, 0.15) is 0 Å². The van der Waals surface area contributed by atoms with Crippen molar-refractivity contribution in [2.24, 2.45) is 5.92 Å². The molecule has 0 fully saturated rings. The van der Waals surface area contributed by atoms with Crippen molar-refractivity contribution in [3.8, 4) is 0 Å². The Labute approximate surface area is 159 Å². The van der Waals surface area contributed by atoms with Gasteiger partial charge in [-0.15, -0.1) is 0 Å². The molecule has 0 saturated heterocycles. The molecule has 0 amide bonds. The van der Waals surface area contributed by atoms with Crippen LogP contribution in [0.1, 0.15) is 58.9 Å². The first-order valence-electron chi connectivity index (χ1n) is 9.56. The van der Waals surface area contributed by atoms with Gasteiger partial charge in [0, 0.05) is 25.7 Å². The molecule has 27 heavy (non-hydrogen) atoms. The summed E-state index contributed by atoms with van der Waals surface area (Å²) >= 11 is 0. The van der Waals surface area contributed by atoms with E-state index in [2.05, 4.69) is 0 Å². The summed E-state index contributed by atoms with van der Waals surface area (Å²) in [5.41, 5.74) is -0.147. The third-order valence-corrected chi connectivity index (χ3v) is 4.40. The van der Waals surface area contributed by atoms with Gasteiger partial charge < -0.3 is 14.2 Å². The third-order valence-electron chi connectivity index (χ3n) is 4.40. The Morgan fingerprint density at radius 1 is 0.815 bits per heavy atom. The molecule has 1 aromatic rings. The van der Waals surface area contributed by atoms with E-state index in [4.69, 9.17) is 14.2 Å². The van der Waals surface area contributed by atoms with Gasteiger partial charge in [0.05, 0.1) is 0 Å². The van der Waals surface area contributed by atoms with Gasteiger partial charge in [-0.2, -0.15) is 0 Å². The normalized spacial score (nSPS) is 13.2. The van der Waals surface area contributed by atoms with Gasteiger partial charge in [-0.25, -0.2) is 17.6 Å². The van der Waals surface area contributed by atoms with Gasteiger partial charge in [0.15, 0.2) is 23.3 Å². The summed E-state index contributed by atoms with van der Waals surface area (Å²) in [5, 5.41) is 0. The second-order valence-corrected chi connectivity index (χ2v) is 6.36. The predicted octanol–water partition coefficient (Wildman–Crippen LogP) is 5.75. The first-order chi connectivity index (χ1) is 12.8. The zero-order valence-electron chi connectivity index (χ0n) is 16.5. The maximum Gasteiger partial charge on any atom is 0.285 e. The number of unbranched alkanes of at least 4 members (excludes halogenated alkanes) is 2. The van der Waals surface area contributed by atoms with E-state index in [0.29, 0.717) is 32.7 Å². The van der Waals surface area contributed by atoms with Crippen molar-refractivity contribution in [3.05, 3.63) is 34.9 Å². The first kappa shape index (κ1) is 23.9. The SMILES string of the molecule is CCOC(OCC)(OCC)C(C)CCCCCc1cc(F)c(F)c(F)c1F. The van der Waals surface area contributed by atoms with Gasteiger partial charge in [0.25, 0.3) is 5.97 Å².